The van der Waals surface area contributed by atoms with Gasteiger partial charge in [0.25, 0.3) is 17.7 Å². The number of hydrogen-bond acceptors (Lipinski definition) is 16. The molecule has 24 nitrogen and oxygen atoms in total. The van der Waals surface area contributed by atoms with E-state index in [9.17, 15) is 24.0 Å². The minimum atomic E-state index is -0.309. The van der Waals surface area contributed by atoms with Gasteiger partial charge in [0.15, 0.2) is 11.6 Å². The van der Waals surface area contributed by atoms with Crippen LogP contribution in [0.15, 0.2) is 196 Å². The maximum Gasteiger partial charge on any atom is 0.338 e. The molecule has 3 fully saturated rings. The van der Waals surface area contributed by atoms with Gasteiger partial charge in [0, 0.05) is 135 Å². The van der Waals surface area contributed by atoms with Crippen molar-refractivity contribution in [3.05, 3.63) is 276 Å². The molecule has 12 aromatic rings. The van der Waals surface area contributed by atoms with Crippen LogP contribution in [0.2, 0.25) is 0 Å². The van der Waals surface area contributed by atoms with Gasteiger partial charge in [-0.15, -0.1) is 20.4 Å². The third-order valence-corrected chi connectivity index (χ3v) is 21.0. The molecular weight excluding hydrogens is 1910 g/mol. The quantitative estimate of drug-likeness (QED) is 0.0418. The van der Waals surface area contributed by atoms with Crippen LogP contribution in [0.4, 0.5) is 5.82 Å². The molecule has 3 aliphatic heterocycles. The number of alkyl halides is 1. The van der Waals surface area contributed by atoms with E-state index >= 15 is 0 Å². The number of nitrogens with zero attached hydrogens (tertiary/aromatic N) is 14. The minimum Gasteiger partial charge on any atom is -0.465 e. The van der Waals surface area contributed by atoms with E-state index in [0.29, 0.717) is 76.9 Å². The minimum absolute atomic E-state index is 0. The number of rotatable bonds is 13. The molecule has 6 aliphatic rings. The van der Waals surface area contributed by atoms with Gasteiger partial charge in [-0.3, -0.25) is 19.3 Å². The number of H-pyrrole nitrogens is 1. The molecular formula is C81H81Br5N17O7W-. The van der Waals surface area contributed by atoms with E-state index in [1.54, 1.807) is 36.0 Å². The maximum atomic E-state index is 13.3. The van der Waals surface area contributed by atoms with Crippen molar-refractivity contribution in [2.75, 3.05) is 19.1 Å². The summed E-state index contributed by atoms with van der Waals surface area (Å²) in [5.74, 6) is 3.58. The number of fused-ring (bicyclic) bond motifs is 3. The third kappa shape index (κ3) is 21.5. The molecule has 0 atom stereocenters. The number of imidazole rings is 3. The smallest absolute Gasteiger partial charge is 0.338 e. The van der Waals surface area contributed by atoms with Gasteiger partial charge in [0.1, 0.15) is 34.5 Å². The molecule has 7 aromatic heterocycles. The van der Waals surface area contributed by atoms with E-state index < -0.39 is 0 Å². The first kappa shape index (κ1) is 84.2. The van der Waals surface area contributed by atoms with Crippen LogP contribution in [0.3, 0.4) is 0 Å². The van der Waals surface area contributed by atoms with Crippen LogP contribution in [0, 0.1) is 14.4 Å². The molecule has 18 rings (SSSR count). The van der Waals surface area contributed by atoms with Crippen LogP contribution < -0.4 is 15.5 Å². The molecule has 3 saturated carbocycles. The van der Waals surface area contributed by atoms with E-state index in [-0.39, 0.29) is 64.2 Å². The molecule has 0 spiro atoms. The second kappa shape index (κ2) is 38.8. The Morgan fingerprint density at radius 3 is 1.59 bits per heavy atom. The molecule has 3 aliphatic carbocycles. The molecule has 111 heavy (non-hydrogen) atoms. The fraction of sp³-hybridized carbons (Fsp3) is 0.272. The Labute approximate surface area is 700 Å². The van der Waals surface area contributed by atoms with Crippen LogP contribution in [-0.2, 0) is 55.5 Å². The molecule has 3 amide bonds. The number of benzene rings is 5. The first-order valence-electron chi connectivity index (χ1n) is 35.3. The summed E-state index contributed by atoms with van der Waals surface area (Å²) in [5.41, 5.74) is 15.6. The van der Waals surface area contributed by atoms with Gasteiger partial charge in [-0.2, -0.15) is 0 Å². The predicted molar refractivity (Wildman–Crippen MR) is 438 cm³/mol. The van der Waals surface area contributed by atoms with Crippen molar-refractivity contribution in [2.45, 2.75) is 128 Å². The number of aryl methyl sites for hydroxylation is 1. The Kier molecular flexibility index (Phi) is 29.4. The van der Waals surface area contributed by atoms with Crippen molar-refractivity contribution >= 4 is 115 Å². The number of amides is 3. The average molecular weight is 1990 g/mol. The maximum absolute atomic E-state index is 13.3. The second-order valence-corrected chi connectivity index (χ2v) is 31.0. The number of carbonyl (C=O) groups excluding carboxylic acids is 5. The number of carbonyl (C=O) groups is 5. The summed E-state index contributed by atoms with van der Waals surface area (Å²) in [6.07, 6.45) is 22.6. The van der Waals surface area contributed by atoms with Gasteiger partial charge in [0.2, 0.25) is 0 Å². The van der Waals surface area contributed by atoms with E-state index in [1.807, 2.05) is 159 Å². The summed E-state index contributed by atoms with van der Waals surface area (Å²) in [5, 5.41) is 22.5. The Morgan fingerprint density at radius 2 is 1.06 bits per heavy atom. The Hall–Kier alpha value is -9.25. The number of aromatic nitrogens is 14. The summed E-state index contributed by atoms with van der Waals surface area (Å²) in [6, 6.07) is 40.8. The number of methoxy groups -OCH3 is 2. The largest absolute Gasteiger partial charge is 0.465 e. The molecule has 3 N–H and O–H groups in total. The molecule has 5 aromatic carbocycles. The van der Waals surface area contributed by atoms with Crippen molar-refractivity contribution in [1.82, 2.24) is 79.2 Å². The molecule has 10 heterocycles. The van der Waals surface area contributed by atoms with Crippen LogP contribution in [0.5, 0.6) is 0 Å². The molecule has 0 bridgehead atoms. The predicted octanol–water partition coefficient (Wildman–Crippen LogP) is 17.9. The topological polar surface area (TPSA) is 283 Å². The summed E-state index contributed by atoms with van der Waals surface area (Å²) < 4.78 is 20.7. The monoisotopic (exact) mass is 1980 g/mol. The fourth-order valence-corrected chi connectivity index (χ4v) is 13.8. The normalized spacial score (nSPS) is 13.8. The Balaban J connectivity index is 0.000000144. The van der Waals surface area contributed by atoms with E-state index in [2.05, 4.69) is 185 Å². The standard InChI is InChI=1S/C24H23N7O.C14H13N3O.C10H11BrN4.C9H8Br2O2.C9H9BrO2.C8H6BrNO.C6H8N2.CH3.W/c1-15(2)31-14-26-28-23(31)20-4-3-5-22(27-20)30-11-17-8-9-18(10-19(17)24(30)32)29-12-21(25-13-29)16-6-7-16;18-14-12-5-11(4-3-10(12)6-15-14)17-7-13(16-8-17)9-1-2-9;1-7(2)15-6-12-14-10(15)8-4-3-5-9(11)13-8;1-13-9(12)8-4-7(11)3-2-6(8)5-10;1-6-3-4-7(10)5-8(6)9(11)12-2;9-6-2-1-5-4-10-8(11)7(5)3-6;1-2-5(1)6-3-7-4-8-6;;/h3-5,8-10,12-16H,6-7,11H2,1-2H3;3-5,7-9H,1-2,6H2,(H,15,18);3-7H,1-2H3;2-4H,5H2,1H3;3-5H,1-2H3;1-3H,4H2,(H,10,11);3-5H,1-2H2,(H,7,8);1H3;/q;;;;;;;-1;. The van der Waals surface area contributed by atoms with Crippen molar-refractivity contribution in [1.29, 1.82) is 0 Å². The van der Waals surface area contributed by atoms with Crippen LogP contribution in [-0.4, -0.2) is 112 Å². The number of hydrogen-bond donors (Lipinski definition) is 3. The fourth-order valence-electron chi connectivity index (χ4n) is 11.9. The number of pyridine rings is 2. The van der Waals surface area contributed by atoms with Gasteiger partial charge in [-0.25, -0.2) is 34.5 Å². The Bertz CT molecular complexity index is 5260. The number of anilines is 1. The van der Waals surface area contributed by atoms with E-state index in [0.717, 1.165) is 91.5 Å². The van der Waals surface area contributed by atoms with Crippen molar-refractivity contribution < 1.29 is 54.5 Å². The molecule has 574 valence electrons. The van der Waals surface area contributed by atoms with E-state index in [1.165, 1.54) is 64.1 Å². The zero-order chi connectivity index (χ0) is 77.0. The number of ether oxygens (including phenoxy) is 2. The van der Waals surface area contributed by atoms with Crippen LogP contribution in [0.25, 0.3) is 34.4 Å². The number of halogens is 5. The summed E-state index contributed by atoms with van der Waals surface area (Å²) in [4.78, 5) is 85.2. The van der Waals surface area contributed by atoms with Crippen molar-refractivity contribution in [3.63, 3.8) is 0 Å². The molecule has 0 saturated heterocycles. The molecule has 0 unspecified atom stereocenters. The SMILES string of the molecule is CC(C)n1cnnc1-c1cccc(Br)n1.CC(C)n1cnnc1-c1cccc(N2Cc3ccc(-n4cnc(C5CC5)c4)cc3C2=O)n1.COC(=O)c1cc(Br)ccc1C.COC(=O)c1cc(Br)ccc1CBr.O=C1NCc2ccc(-n3cnc(C4CC4)c3)cc21.O=C1NCc2ccc(Br)cc21.[CH3-].[W].c1ncc(C2CC2)[nH]1. The van der Waals surface area contributed by atoms with Crippen molar-refractivity contribution in [3.8, 4) is 34.4 Å². The number of aromatic amines is 1. The van der Waals surface area contributed by atoms with Gasteiger partial charge in [-0.05, 0) is 202 Å². The van der Waals surface area contributed by atoms with Crippen LogP contribution in [0.1, 0.15) is 193 Å². The second-order valence-electron chi connectivity index (χ2n) is 26.9. The zero-order valence-electron chi connectivity index (χ0n) is 62.1. The van der Waals surface area contributed by atoms with Gasteiger partial charge in [-0.1, -0.05) is 106 Å². The van der Waals surface area contributed by atoms with Crippen LogP contribution >= 0.6 is 79.6 Å². The van der Waals surface area contributed by atoms with Gasteiger partial charge >= 0.3 is 11.9 Å². The summed E-state index contributed by atoms with van der Waals surface area (Å²) >= 11 is 16.5. The van der Waals surface area contributed by atoms with Crippen molar-refractivity contribution in [2.24, 2.45) is 0 Å². The molecule has 0 radical (unpaired) electrons. The third-order valence-electron chi connectivity index (χ3n) is 18.4. The first-order valence-corrected chi connectivity index (χ1v) is 39.6. The number of esters is 2. The van der Waals surface area contributed by atoms with Gasteiger partial charge < -0.3 is 50.8 Å². The zero-order valence-corrected chi connectivity index (χ0v) is 73.0. The molecule has 30 heteroatoms. The van der Waals surface area contributed by atoms with Gasteiger partial charge in [0.05, 0.1) is 62.3 Å². The summed E-state index contributed by atoms with van der Waals surface area (Å²) in [6.45, 7) is 12.0. The number of nitrogens with one attached hydrogen (secondary N) is 3. The first-order chi connectivity index (χ1) is 52.6. The summed E-state index contributed by atoms with van der Waals surface area (Å²) in [7, 11) is 2.75. The van der Waals surface area contributed by atoms with E-state index in [4.69, 9.17) is 4.98 Å². The average Bonchev–Trinajstić information content (AvgIpc) is 1.62. The Morgan fingerprint density at radius 1 is 0.568 bits per heavy atom.